The monoisotopic (exact) mass is 358 g/mol. The number of carbonyl (C=O) groups is 1. The van der Waals surface area contributed by atoms with E-state index in [1.807, 2.05) is 10.7 Å². The number of aromatic nitrogens is 3. The van der Waals surface area contributed by atoms with Gasteiger partial charge in [0.15, 0.2) is 0 Å². The van der Waals surface area contributed by atoms with Crippen molar-refractivity contribution in [1.82, 2.24) is 14.8 Å². The molecule has 25 heavy (non-hydrogen) atoms. The Labute approximate surface area is 147 Å². The summed E-state index contributed by atoms with van der Waals surface area (Å²) in [6, 6.07) is 3.67. The molecular formula is C17H18N4O3S. The van der Waals surface area contributed by atoms with E-state index in [9.17, 15) is 14.7 Å². The van der Waals surface area contributed by atoms with Gasteiger partial charge in [0, 0.05) is 17.1 Å². The van der Waals surface area contributed by atoms with Gasteiger partial charge in [-0.05, 0) is 37.8 Å². The van der Waals surface area contributed by atoms with Crippen molar-refractivity contribution >= 4 is 28.1 Å². The quantitative estimate of drug-likeness (QED) is 0.664. The molecule has 130 valence electrons. The molecule has 1 saturated carbocycles. The Morgan fingerprint density at radius 1 is 1.36 bits per heavy atom. The minimum absolute atomic E-state index is 0.149. The van der Waals surface area contributed by atoms with Crippen molar-refractivity contribution in [2.75, 3.05) is 0 Å². The molecule has 3 aromatic heterocycles. The van der Waals surface area contributed by atoms with E-state index in [-0.39, 0.29) is 17.7 Å². The van der Waals surface area contributed by atoms with Gasteiger partial charge in [-0.2, -0.15) is 5.10 Å². The highest BCUT2D eigenvalue weighted by Gasteiger charge is 2.25. The van der Waals surface area contributed by atoms with Crippen LogP contribution >= 0.6 is 11.3 Å². The minimum atomic E-state index is -0.491. The van der Waals surface area contributed by atoms with E-state index in [0.29, 0.717) is 16.0 Å². The van der Waals surface area contributed by atoms with Gasteiger partial charge in [-0.25, -0.2) is 0 Å². The molecular weight excluding hydrogens is 340 g/mol. The van der Waals surface area contributed by atoms with Crippen molar-refractivity contribution in [1.29, 1.82) is 0 Å². The Bertz CT molecular complexity index is 995. The smallest absolute Gasteiger partial charge is 0.259 e. The Morgan fingerprint density at radius 2 is 2.12 bits per heavy atom. The topological polar surface area (TPSA) is 114 Å². The number of aliphatic hydroxyl groups is 1. The van der Waals surface area contributed by atoms with Crippen LogP contribution in [0.3, 0.4) is 0 Å². The lowest BCUT2D eigenvalue weighted by molar-refractivity contribution is 0.100. The van der Waals surface area contributed by atoms with Gasteiger partial charge in [-0.3, -0.25) is 14.3 Å². The molecule has 3 heterocycles. The zero-order valence-corrected chi connectivity index (χ0v) is 14.3. The molecule has 0 unspecified atom stereocenters. The SMILES string of the molecule is NC(=O)c1cc(-c2nn([C@H]3CC[C@H](O)CC3)c3cc[nH]c(=O)c23)cs1. The van der Waals surface area contributed by atoms with E-state index in [2.05, 4.69) is 4.98 Å². The van der Waals surface area contributed by atoms with E-state index in [0.717, 1.165) is 36.8 Å². The van der Waals surface area contributed by atoms with Gasteiger partial charge >= 0.3 is 0 Å². The number of nitrogens with zero attached hydrogens (tertiary/aromatic N) is 2. The number of aliphatic hydroxyl groups excluding tert-OH is 1. The highest BCUT2D eigenvalue weighted by molar-refractivity contribution is 7.12. The second kappa shape index (κ2) is 6.12. The van der Waals surface area contributed by atoms with Crippen LogP contribution in [-0.4, -0.2) is 31.9 Å². The molecule has 7 nitrogen and oxygen atoms in total. The molecule has 0 aliphatic heterocycles. The summed E-state index contributed by atoms with van der Waals surface area (Å²) in [5, 5.41) is 16.8. The van der Waals surface area contributed by atoms with Crippen LogP contribution in [0.2, 0.25) is 0 Å². The average Bonchev–Trinajstić information content (AvgIpc) is 3.21. The number of fused-ring (bicyclic) bond motifs is 1. The molecule has 1 aliphatic carbocycles. The second-order valence-electron chi connectivity index (χ2n) is 6.39. The maximum absolute atomic E-state index is 12.4. The second-order valence-corrected chi connectivity index (χ2v) is 7.30. The summed E-state index contributed by atoms with van der Waals surface area (Å²) >= 11 is 1.24. The van der Waals surface area contributed by atoms with Gasteiger partial charge in [-0.1, -0.05) is 0 Å². The Balaban J connectivity index is 1.87. The third kappa shape index (κ3) is 2.77. The van der Waals surface area contributed by atoms with Gasteiger partial charge in [0.25, 0.3) is 11.5 Å². The lowest BCUT2D eigenvalue weighted by Crippen LogP contribution is -2.21. The first-order chi connectivity index (χ1) is 12.0. The highest BCUT2D eigenvalue weighted by Crippen LogP contribution is 2.34. The van der Waals surface area contributed by atoms with Crippen LogP contribution in [0.4, 0.5) is 0 Å². The summed E-state index contributed by atoms with van der Waals surface area (Å²) in [7, 11) is 0. The van der Waals surface area contributed by atoms with E-state index in [4.69, 9.17) is 10.8 Å². The van der Waals surface area contributed by atoms with Crippen molar-refractivity contribution in [2.45, 2.75) is 37.8 Å². The van der Waals surface area contributed by atoms with Crippen LogP contribution in [0.1, 0.15) is 41.4 Å². The number of thiophene rings is 1. The third-order valence-corrected chi connectivity index (χ3v) is 5.70. The lowest BCUT2D eigenvalue weighted by atomic mass is 9.93. The standard InChI is InChI=1S/C17H18N4O3S/c18-16(23)13-7-9(8-25-13)15-14-12(5-6-19-17(14)24)21(20-15)10-1-3-11(22)4-2-10/h5-8,10-11,22H,1-4H2,(H2,18,23)(H,19,24)/t10-,11-. The first-order valence-corrected chi connectivity index (χ1v) is 9.09. The van der Waals surface area contributed by atoms with Crippen LogP contribution in [0, 0.1) is 0 Å². The number of aromatic amines is 1. The molecule has 0 aromatic carbocycles. The number of primary amides is 1. The Hall–Kier alpha value is -2.45. The normalized spacial score (nSPS) is 20.8. The van der Waals surface area contributed by atoms with E-state index in [1.54, 1.807) is 17.6 Å². The summed E-state index contributed by atoms with van der Waals surface area (Å²) in [5.74, 6) is -0.491. The van der Waals surface area contributed by atoms with Crippen LogP contribution in [-0.2, 0) is 0 Å². The molecule has 0 spiro atoms. The number of amides is 1. The maximum atomic E-state index is 12.4. The molecule has 0 atom stereocenters. The van der Waals surface area contributed by atoms with E-state index in [1.165, 1.54) is 11.3 Å². The summed E-state index contributed by atoms with van der Waals surface area (Å²) < 4.78 is 1.90. The fourth-order valence-corrected chi connectivity index (χ4v) is 4.22. The largest absolute Gasteiger partial charge is 0.393 e. The summed E-state index contributed by atoms with van der Waals surface area (Å²) in [6.45, 7) is 0. The van der Waals surface area contributed by atoms with Crippen molar-refractivity contribution < 1.29 is 9.90 Å². The molecule has 1 aliphatic rings. The number of H-pyrrole nitrogens is 1. The van der Waals surface area contributed by atoms with Crippen LogP contribution in [0.25, 0.3) is 22.2 Å². The van der Waals surface area contributed by atoms with Gasteiger partial charge in [-0.15, -0.1) is 11.3 Å². The molecule has 1 fully saturated rings. The number of hydrogen-bond acceptors (Lipinski definition) is 5. The number of carbonyl (C=O) groups excluding carboxylic acids is 1. The number of hydrogen-bond donors (Lipinski definition) is 3. The highest BCUT2D eigenvalue weighted by atomic mass is 32.1. The fraction of sp³-hybridized carbons (Fsp3) is 0.353. The molecule has 4 rings (SSSR count). The van der Waals surface area contributed by atoms with Gasteiger partial charge in [0.2, 0.25) is 0 Å². The van der Waals surface area contributed by atoms with Crippen LogP contribution in [0.5, 0.6) is 0 Å². The molecule has 0 saturated heterocycles. The first kappa shape index (κ1) is 16.0. The molecule has 1 amide bonds. The van der Waals surface area contributed by atoms with Crippen LogP contribution in [0.15, 0.2) is 28.5 Å². The first-order valence-electron chi connectivity index (χ1n) is 8.21. The van der Waals surface area contributed by atoms with Gasteiger partial charge in [0.1, 0.15) is 5.69 Å². The molecule has 4 N–H and O–H groups in total. The summed E-state index contributed by atoms with van der Waals surface area (Å²) in [6.07, 6.45) is 4.47. The third-order valence-electron chi connectivity index (χ3n) is 4.76. The fourth-order valence-electron chi connectivity index (χ4n) is 3.47. The van der Waals surface area contributed by atoms with Crippen molar-refractivity contribution in [3.05, 3.63) is 38.9 Å². The molecule has 3 aromatic rings. The van der Waals surface area contributed by atoms with Crippen molar-refractivity contribution in [3.8, 4) is 11.3 Å². The predicted octanol–water partition coefficient (Wildman–Crippen LogP) is 2.03. The predicted molar refractivity (Wildman–Crippen MR) is 95.7 cm³/mol. The number of nitrogens with one attached hydrogen (secondary N) is 1. The summed E-state index contributed by atoms with van der Waals surface area (Å²) in [5.41, 5.74) is 7.18. The molecule has 0 bridgehead atoms. The zero-order chi connectivity index (χ0) is 17.6. The average molecular weight is 358 g/mol. The summed E-state index contributed by atoms with van der Waals surface area (Å²) in [4.78, 5) is 26.9. The van der Waals surface area contributed by atoms with Crippen molar-refractivity contribution in [2.24, 2.45) is 5.73 Å². The van der Waals surface area contributed by atoms with E-state index < -0.39 is 5.91 Å². The number of nitrogens with two attached hydrogens (primary N) is 1. The van der Waals surface area contributed by atoms with Gasteiger partial charge in [0.05, 0.1) is 27.9 Å². The van der Waals surface area contributed by atoms with E-state index >= 15 is 0 Å². The van der Waals surface area contributed by atoms with Crippen LogP contribution < -0.4 is 11.3 Å². The Kier molecular flexibility index (Phi) is 3.93. The molecule has 0 radical (unpaired) electrons. The Morgan fingerprint density at radius 3 is 2.80 bits per heavy atom. The number of rotatable bonds is 3. The maximum Gasteiger partial charge on any atom is 0.259 e. The number of pyridine rings is 1. The van der Waals surface area contributed by atoms with Gasteiger partial charge < -0.3 is 15.8 Å². The molecule has 8 heteroatoms. The van der Waals surface area contributed by atoms with Crippen molar-refractivity contribution in [3.63, 3.8) is 0 Å². The lowest BCUT2D eigenvalue weighted by Gasteiger charge is -2.26. The zero-order valence-electron chi connectivity index (χ0n) is 13.4. The minimum Gasteiger partial charge on any atom is -0.393 e.